The van der Waals surface area contributed by atoms with Crippen LogP contribution in [0.4, 0.5) is 19.0 Å². The minimum Gasteiger partial charge on any atom is -0.475 e. The van der Waals surface area contributed by atoms with Crippen molar-refractivity contribution in [2.45, 2.75) is 50.9 Å². The number of nitrogens with zero attached hydrogens (tertiary/aromatic N) is 2. The van der Waals surface area contributed by atoms with Crippen LogP contribution in [-0.2, 0) is 4.79 Å². The van der Waals surface area contributed by atoms with Crippen LogP contribution in [0.25, 0.3) is 10.9 Å². The first-order valence-electron chi connectivity index (χ1n) is 11.3. The molecule has 0 unspecified atom stereocenters. The van der Waals surface area contributed by atoms with Gasteiger partial charge < -0.3 is 15.7 Å². The van der Waals surface area contributed by atoms with E-state index in [1.54, 1.807) is 24.3 Å². The number of pyridine rings is 1. The molecule has 7 nitrogen and oxygen atoms in total. The second-order valence-electron chi connectivity index (χ2n) is 8.50. The van der Waals surface area contributed by atoms with Crippen LogP contribution in [0.5, 0.6) is 0 Å². The number of aliphatic carboxylic acids is 1. The number of amides is 1. The molecule has 1 aliphatic rings. The Labute approximate surface area is 206 Å². The highest BCUT2D eigenvalue weighted by atomic mass is 19.4. The predicted octanol–water partition coefficient (Wildman–Crippen LogP) is 5.20. The van der Waals surface area contributed by atoms with Crippen LogP contribution in [0.1, 0.15) is 47.2 Å². The summed E-state index contributed by atoms with van der Waals surface area (Å²) in [5.74, 6) is -1.91. The Hall–Kier alpha value is -4.13. The zero-order chi connectivity index (χ0) is 26.3. The molecule has 1 aromatic heterocycles. The zero-order valence-corrected chi connectivity index (χ0v) is 19.5. The number of carboxylic acid groups (broad SMARTS) is 1. The highest BCUT2D eigenvalue weighted by Gasteiger charge is 2.38. The summed E-state index contributed by atoms with van der Waals surface area (Å²) in [5, 5.41) is 23.9. The summed E-state index contributed by atoms with van der Waals surface area (Å²) in [4.78, 5) is 26.1. The molecule has 188 valence electrons. The first kappa shape index (κ1) is 26.5. The third-order valence-corrected chi connectivity index (χ3v) is 5.86. The normalized spacial score (nSPS) is 17.3. The van der Waals surface area contributed by atoms with Gasteiger partial charge in [-0.2, -0.15) is 18.4 Å². The number of benzene rings is 2. The zero-order valence-electron chi connectivity index (χ0n) is 19.5. The van der Waals surface area contributed by atoms with Crippen molar-refractivity contribution < 1.29 is 27.9 Å². The van der Waals surface area contributed by atoms with Crippen LogP contribution >= 0.6 is 0 Å². The van der Waals surface area contributed by atoms with E-state index in [4.69, 9.17) is 20.1 Å². The fraction of sp³-hybridized carbons (Fsp3) is 0.308. The highest BCUT2D eigenvalue weighted by Crippen LogP contribution is 2.25. The summed E-state index contributed by atoms with van der Waals surface area (Å²) in [6, 6.07) is 19.7. The fourth-order valence-corrected chi connectivity index (χ4v) is 3.98. The van der Waals surface area contributed by atoms with Crippen molar-refractivity contribution in [3.05, 3.63) is 71.3 Å². The van der Waals surface area contributed by atoms with Crippen molar-refractivity contribution in [3.8, 4) is 6.07 Å². The summed E-state index contributed by atoms with van der Waals surface area (Å²) in [5.41, 5.74) is 3.39. The Morgan fingerprint density at radius 2 is 1.61 bits per heavy atom. The number of carboxylic acids is 1. The van der Waals surface area contributed by atoms with Crippen LogP contribution < -0.4 is 10.6 Å². The molecule has 0 spiro atoms. The van der Waals surface area contributed by atoms with Crippen LogP contribution in [-0.4, -0.2) is 40.2 Å². The molecule has 0 saturated heterocycles. The van der Waals surface area contributed by atoms with Crippen molar-refractivity contribution in [2.24, 2.45) is 0 Å². The van der Waals surface area contributed by atoms with E-state index in [1.165, 1.54) is 10.9 Å². The molecule has 1 amide bonds. The lowest BCUT2D eigenvalue weighted by Gasteiger charge is -2.30. The van der Waals surface area contributed by atoms with E-state index in [0.717, 1.165) is 37.0 Å². The molecule has 4 rings (SSSR count). The van der Waals surface area contributed by atoms with Crippen LogP contribution in [0.15, 0.2) is 54.6 Å². The molecule has 0 atom stereocenters. The SMILES string of the molecule is Cc1cc(N[C@H]2CC[C@@H](NC(=O)c3ccc(C#N)cc3)CC2)nc2ccccc12.O=C(O)C(F)(F)F. The molecule has 2 aromatic carbocycles. The molecular weight excluding hydrogens is 473 g/mol. The van der Waals surface area contributed by atoms with E-state index in [-0.39, 0.29) is 11.9 Å². The van der Waals surface area contributed by atoms with Crippen molar-refractivity contribution in [2.75, 3.05) is 5.32 Å². The monoisotopic (exact) mass is 498 g/mol. The van der Waals surface area contributed by atoms with E-state index < -0.39 is 12.1 Å². The highest BCUT2D eigenvalue weighted by molar-refractivity contribution is 5.94. The van der Waals surface area contributed by atoms with Gasteiger partial charge in [-0.05, 0) is 74.6 Å². The predicted molar refractivity (Wildman–Crippen MR) is 128 cm³/mol. The number of nitriles is 1. The quantitative estimate of drug-likeness (QED) is 0.455. The number of fused-ring (bicyclic) bond motifs is 1. The van der Waals surface area contributed by atoms with E-state index in [0.29, 0.717) is 17.2 Å². The first-order chi connectivity index (χ1) is 17.1. The smallest absolute Gasteiger partial charge is 0.475 e. The lowest BCUT2D eigenvalue weighted by atomic mass is 9.91. The van der Waals surface area contributed by atoms with Gasteiger partial charge >= 0.3 is 12.1 Å². The molecule has 0 bridgehead atoms. The number of halogens is 3. The molecular formula is C26H25F3N4O3. The largest absolute Gasteiger partial charge is 0.490 e. The molecule has 1 fully saturated rings. The van der Waals surface area contributed by atoms with Gasteiger partial charge in [-0.3, -0.25) is 4.79 Å². The summed E-state index contributed by atoms with van der Waals surface area (Å²) in [6.07, 6.45) is -1.23. The Balaban J connectivity index is 0.000000454. The molecule has 3 aromatic rings. The van der Waals surface area contributed by atoms with Gasteiger partial charge in [0.15, 0.2) is 0 Å². The number of nitrogens with one attached hydrogen (secondary N) is 2. The van der Waals surface area contributed by atoms with Gasteiger partial charge in [0.25, 0.3) is 5.91 Å². The number of rotatable bonds is 4. The second kappa shape index (κ2) is 11.5. The molecule has 1 heterocycles. The Kier molecular flexibility index (Phi) is 8.48. The molecule has 10 heteroatoms. The molecule has 0 aliphatic heterocycles. The summed E-state index contributed by atoms with van der Waals surface area (Å²) >= 11 is 0. The van der Waals surface area contributed by atoms with Gasteiger partial charge in [0.2, 0.25) is 0 Å². The Morgan fingerprint density at radius 1 is 1.03 bits per heavy atom. The third-order valence-electron chi connectivity index (χ3n) is 5.86. The minimum atomic E-state index is -5.08. The minimum absolute atomic E-state index is 0.0716. The summed E-state index contributed by atoms with van der Waals surface area (Å²) in [6.45, 7) is 2.12. The molecule has 0 radical (unpaired) electrons. The Bertz CT molecular complexity index is 1260. The summed E-state index contributed by atoms with van der Waals surface area (Å²) in [7, 11) is 0. The van der Waals surface area contributed by atoms with Gasteiger partial charge in [-0.25, -0.2) is 9.78 Å². The van der Waals surface area contributed by atoms with E-state index in [9.17, 15) is 18.0 Å². The van der Waals surface area contributed by atoms with Crippen LogP contribution in [0.2, 0.25) is 0 Å². The Morgan fingerprint density at radius 3 is 2.19 bits per heavy atom. The maximum absolute atomic E-state index is 12.4. The van der Waals surface area contributed by atoms with Crippen LogP contribution in [0.3, 0.4) is 0 Å². The fourth-order valence-electron chi connectivity index (χ4n) is 3.98. The average molecular weight is 499 g/mol. The van der Waals surface area contributed by atoms with Crippen molar-refractivity contribution in [1.82, 2.24) is 10.3 Å². The van der Waals surface area contributed by atoms with Gasteiger partial charge in [0.1, 0.15) is 5.82 Å². The van der Waals surface area contributed by atoms with Crippen molar-refractivity contribution in [3.63, 3.8) is 0 Å². The second-order valence-corrected chi connectivity index (χ2v) is 8.50. The van der Waals surface area contributed by atoms with Gasteiger partial charge in [0.05, 0.1) is 17.1 Å². The van der Waals surface area contributed by atoms with E-state index in [2.05, 4.69) is 35.8 Å². The van der Waals surface area contributed by atoms with E-state index in [1.807, 2.05) is 18.2 Å². The number of para-hydroxylation sites is 1. The van der Waals surface area contributed by atoms with Crippen LogP contribution in [0, 0.1) is 18.3 Å². The maximum Gasteiger partial charge on any atom is 0.490 e. The van der Waals surface area contributed by atoms with Crippen molar-refractivity contribution in [1.29, 1.82) is 5.26 Å². The molecule has 36 heavy (non-hydrogen) atoms. The van der Waals surface area contributed by atoms with Gasteiger partial charge in [0, 0.05) is 23.0 Å². The van der Waals surface area contributed by atoms with Gasteiger partial charge in [-0.1, -0.05) is 18.2 Å². The molecule has 1 saturated carbocycles. The van der Waals surface area contributed by atoms with Gasteiger partial charge in [-0.15, -0.1) is 0 Å². The lowest BCUT2D eigenvalue weighted by Crippen LogP contribution is -2.40. The maximum atomic E-state index is 12.4. The standard InChI is InChI=1S/C24H24N4O.C2HF3O2/c1-16-14-23(28-22-5-3-2-4-21(16)22)26-19-10-12-20(13-11-19)27-24(29)18-8-6-17(15-25)7-9-18;3-2(4,5)1(6)7/h2-9,14,19-20H,10-13H2,1H3,(H,26,28)(H,27,29);(H,6,7)/t19-,20+;. The number of carbonyl (C=O) groups excluding carboxylic acids is 1. The first-order valence-corrected chi connectivity index (χ1v) is 11.3. The van der Waals surface area contributed by atoms with E-state index >= 15 is 0 Å². The lowest BCUT2D eigenvalue weighted by molar-refractivity contribution is -0.192. The summed E-state index contributed by atoms with van der Waals surface area (Å²) < 4.78 is 31.7. The molecule has 1 aliphatic carbocycles. The average Bonchev–Trinajstić information content (AvgIpc) is 2.85. The number of aromatic nitrogens is 1. The molecule has 3 N–H and O–H groups in total. The number of alkyl halides is 3. The number of hydrogen-bond acceptors (Lipinski definition) is 5. The number of anilines is 1. The number of carbonyl (C=O) groups is 2. The third kappa shape index (κ3) is 7.18. The van der Waals surface area contributed by atoms with Crippen molar-refractivity contribution >= 4 is 28.6 Å². The number of hydrogen-bond donors (Lipinski definition) is 3. The topological polar surface area (TPSA) is 115 Å². The number of aryl methyl sites for hydroxylation is 1.